The number of carboxylic acid groups (broad SMARTS) is 1. The number of carbonyl (C=O) groups is 2. The van der Waals surface area contributed by atoms with Gasteiger partial charge in [-0.15, -0.1) is 0 Å². The Balaban J connectivity index is 2.86. The van der Waals surface area contributed by atoms with Gasteiger partial charge in [0.15, 0.2) is 0 Å². The van der Waals surface area contributed by atoms with Gasteiger partial charge >= 0.3 is 5.97 Å². The Kier molecular flexibility index (Phi) is 5.15. The molecule has 1 rings (SSSR count). The molecule has 1 amide bonds. The predicted octanol–water partition coefficient (Wildman–Crippen LogP) is 1.19. The fourth-order valence-electron chi connectivity index (χ4n) is 2.67. The molecule has 6 nitrogen and oxygen atoms in total. The van der Waals surface area contributed by atoms with Crippen LogP contribution < -0.4 is 5.32 Å². The first kappa shape index (κ1) is 16.9. The average Bonchev–Trinajstić information content (AvgIpc) is 2.36. The van der Waals surface area contributed by atoms with Crippen molar-refractivity contribution < 1.29 is 24.2 Å². The summed E-state index contributed by atoms with van der Waals surface area (Å²) in [4.78, 5) is 23.7. The lowest BCUT2D eigenvalue weighted by atomic mass is 9.54. The summed E-state index contributed by atoms with van der Waals surface area (Å²) in [7, 11) is 0. The van der Waals surface area contributed by atoms with Crippen molar-refractivity contribution in [2.45, 2.75) is 58.8 Å². The molecule has 0 heterocycles. The molecule has 0 saturated heterocycles. The van der Waals surface area contributed by atoms with E-state index < -0.39 is 28.9 Å². The third kappa shape index (κ3) is 2.67. The van der Waals surface area contributed by atoms with Gasteiger partial charge in [0.05, 0.1) is 6.10 Å². The fraction of sp³-hybridized carbons (Fsp3) is 0.857. The second-order valence-corrected chi connectivity index (χ2v) is 5.67. The van der Waals surface area contributed by atoms with Crippen molar-refractivity contribution in [2.75, 3.05) is 13.2 Å². The largest absolute Gasteiger partial charge is 0.479 e. The number of hydrogen-bond acceptors (Lipinski definition) is 4. The zero-order valence-corrected chi connectivity index (χ0v) is 12.9. The van der Waals surface area contributed by atoms with Crippen molar-refractivity contribution in [1.29, 1.82) is 0 Å². The first-order chi connectivity index (χ1) is 9.22. The lowest BCUT2D eigenvalue weighted by Gasteiger charge is -2.58. The summed E-state index contributed by atoms with van der Waals surface area (Å²) in [5, 5.41) is 12.2. The minimum atomic E-state index is -1.30. The number of aliphatic carboxylic acids is 1. The van der Waals surface area contributed by atoms with Crippen molar-refractivity contribution in [2.24, 2.45) is 5.41 Å². The molecule has 0 aromatic carbocycles. The number of hydrogen-bond donors (Lipinski definition) is 2. The van der Waals surface area contributed by atoms with Crippen LogP contribution in [0.3, 0.4) is 0 Å². The molecule has 1 fully saturated rings. The lowest BCUT2D eigenvalue weighted by Crippen LogP contribution is -2.76. The van der Waals surface area contributed by atoms with Gasteiger partial charge in [0.25, 0.3) is 0 Å². The van der Waals surface area contributed by atoms with Crippen LogP contribution in [-0.2, 0) is 19.1 Å². The topological polar surface area (TPSA) is 84.9 Å². The Hall–Kier alpha value is -1.14. The van der Waals surface area contributed by atoms with Crippen molar-refractivity contribution >= 4 is 11.9 Å². The van der Waals surface area contributed by atoms with Crippen LogP contribution in [0, 0.1) is 5.41 Å². The van der Waals surface area contributed by atoms with E-state index in [0.29, 0.717) is 13.2 Å². The van der Waals surface area contributed by atoms with Crippen LogP contribution in [0.5, 0.6) is 0 Å². The molecule has 116 valence electrons. The molecule has 0 aromatic rings. The van der Waals surface area contributed by atoms with Crippen LogP contribution in [0.1, 0.15) is 41.0 Å². The van der Waals surface area contributed by atoms with E-state index in [1.165, 1.54) is 0 Å². The highest BCUT2D eigenvalue weighted by Crippen LogP contribution is 2.51. The summed E-state index contributed by atoms with van der Waals surface area (Å²) in [5.41, 5.74) is -1.97. The number of amides is 1. The molecule has 3 atom stereocenters. The minimum absolute atomic E-state index is 0.175. The van der Waals surface area contributed by atoms with Crippen molar-refractivity contribution in [1.82, 2.24) is 5.32 Å². The van der Waals surface area contributed by atoms with Gasteiger partial charge in [-0.2, -0.15) is 0 Å². The van der Waals surface area contributed by atoms with Gasteiger partial charge in [0.1, 0.15) is 11.6 Å². The second-order valence-electron chi connectivity index (χ2n) is 5.67. The summed E-state index contributed by atoms with van der Waals surface area (Å²) in [5.74, 6) is -1.44. The van der Waals surface area contributed by atoms with Crippen molar-refractivity contribution in [3.63, 3.8) is 0 Å². The van der Waals surface area contributed by atoms with Crippen LogP contribution in [0.4, 0.5) is 0 Å². The molecule has 0 bridgehead atoms. The monoisotopic (exact) mass is 287 g/mol. The van der Waals surface area contributed by atoms with E-state index >= 15 is 0 Å². The van der Waals surface area contributed by atoms with Crippen LogP contribution in [0.25, 0.3) is 0 Å². The third-order valence-corrected chi connectivity index (χ3v) is 4.25. The number of carboxylic acids is 1. The predicted molar refractivity (Wildman–Crippen MR) is 73.4 cm³/mol. The number of rotatable bonds is 7. The van der Waals surface area contributed by atoms with Crippen LogP contribution in [-0.4, -0.2) is 47.9 Å². The van der Waals surface area contributed by atoms with Gasteiger partial charge < -0.3 is 19.9 Å². The molecule has 1 aliphatic rings. The van der Waals surface area contributed by atoms with Gasteiger partial charge in [0, 0.05) is 25.0 Å². The average molecular weight is 287 g/mol. The number of nitrogens with one attached hydrogen (secondary N) is 1. The lowest BCUT2D eigenvalue weighted by molar-refractivity contribution is -0.196. The normalized spacial score (nSPS) is 29.4. The summed E-state index contributed by atoms with van der Waals surface area (Å²) in [6, 6.07) is 0. The Morgan fingerprint density at radius 1 is 1.35 bits per heavy atom. The maximum absolute atomic E-state index is 12.1. The van der Waals surface area contributed by atoms with Crippen LogP contribution >= 0.6 is 0 Å². The number of carbonyl (C=O) groups excluding carboxylic acids is 1. The first-order valence-electron chi connectivity index (χ1n) is 7.01. The van der Waals surface area contributed by atoms with E-state index in [1.807, 2.05) is 6.92 Å². The highest BCUT2D eigenvalue weighted by molar-refractivity contribution is 5.91. The molecule has 0 spiro atoms. The van der Waals surface area contributed by atoms with E-state index in [2.05, 4.69) is 5.32 Å². The molecule has 1 aliphatic carbocycles. The molecule has 0 radical (unpaired) electrons. The minimum Gasteiger partial charge on any atom is -0.479 e. The molecular formula is C14H25NO5. The highest BCUT2D eigenvalue weighted by atomic mass is 16.5. The summed E-state index contributed by atoms with van der Waals surface area (Å²) >= 11 is 0. The van der Waals surface area contributed by atoms with E-state index in [9.17, 15) is 14.7 Å². The zero-order chi connectivity index (χ0) is 15.6. The summed E-state index contributed by atoms with van der Waals surface area (Å²) < 4.78 is 10.7. The van der Waals surface area contributed by atoms with Crippen molar-refractivity contribution in [3.05, 3.63) is 0 Å². The van der Waals surface area contributed by atoms with Crippen LogP contribution in [0.2, 0.25) is 0 Å². The van der Waals surface area contributed by atoms with Crippen molar-refractivity contribution in [3.8, 4) is 0 Å². The SMILES string of the molecule is CCOC(C)C(=O)NC1(C(=O)O)CC(OCC)C1(C)C. The maximum Gasteiger partial charge on any atom is 0.330 e. The highest BCUT2D eigenvalue weighted by Gasteiger charge is 2.66. The van der Waals surface area contributed by atoms with E-state index in [0.717, 1.165) is 0 Å². The van der Waals surface area contributed by atoms with Gasteiger partial charge in [-0.1, -0.05) is 13.8 Å². The molecule has 0 aliphatic heterocycles. The molecule has 0 aromatic heterocycles. The molecule has 20 heavy (non-hydrogen) atoms. The summed E-state index contributed by atoms with van der Waals surface area (Å²) in [6.45, 7) is 9.79. The molecule has 2 N–H and O–H groups in total. The standard InChI is InChI=1S/C14H25NO5/c1-6-19-9(3)11(16)15-14(12(17)18)8-10(20-7-2)13(14,4)5/h9-10H,6-8H2,1-5H3,(H,15,16)(H,17,18). The fourth-order valence-corrected chi connectivity index (χ4v) is 2.67. The van der Waals surface area contributed by atoms with E-state index in [-0.39, 0.29) is 12.5 Å². The molecule has 6 heteroatoms. The van der Waals surface area contributed by atoms with Crippen LogP contribution in [0.15, 0.2) is 0 Å². The Bertz CT molecular complexity index is 382. The molecular weight excluding hydrogens is 262 g/mol. The Morgan fingerprint density at radius 2 is 1.95 bits per heavy atom. The second kappa shape index (κ2) is 6.10. The summed E-state index contributed by atoms with van der Waals surface area (Å²) in [6.07, 6.45) is -0.571. The maximum atomic E-state index is 12.1. The van der Waals surface area contributed by atoms with E-state index in [4.69, 9.17) is 9.47 Å². The van der Waals surface area contributed by atoms with Gasteiger partial charge in [-0.3, -0.25) is 4.79 Å². The Labute approximate surface area is 119 Å². The number of ether oxygens (including phenoxy) is 2. The zero-order valence-electron chi connectivity index (χ0n) is 12.9. The quantitative estimate of drug-likeness (QED) is 0.734. The van der Waals surface area contributed by atoms with Gasteiger partial charge in [0.2, 0.25) is 5.91 Å². The Morgan fingerprint density at radius 3 is 2.35 bits per heavy atom. The third-order valence-electron chi connectivity index (χ3n) is 4.25. The molecule has 3 unspecified atom stereocenters. The van der Waals surface area contributed by atoms with E-state index in [1.54, 1.807) is 27.7 Å². The van der Waals surface area contributed by atoms with Gasteiger partial charge in [-0.25, -0.2) is 4.79 Å². The smallest absolute Gasteiger partial charge is 0.330 e. The molecule has 1 saturated carbocycles. The van der Waals surface area contributed by atoms with Gasteiger partial charge in [-0.05, 0) is 20.8 Å². The first-order valence-corrected chi connectivity index (χ1v) is 7.01.